The van der Waals surface area contributed by atoms with Gasteiger partial charge in [0.2, 0.25) is 0 Å². The lowest BCUT2D eigenvalue weighted by Gasteiger charge is -2.16. The first kappa shape index (κ1) is 14.0. The van der Waals surface area contributed by atoms with Gasteiger partial charge in [-0.05, 0) is 35.9 Å². The molecule has 2 heterocycles. The van der Waals surface area contributed by atoms with Gasteiger partial charge in [-0.3, -0.25) is 4.98 Å². The lowest BCUT2D eigenvalue weighted by atomic mass is 10.0. The molecule has 0 saturated heterocycles. The topological polar surface area (TPSA) is 43.4 Å². The number of aromatic nitrogens is 1. The van der Waals surface area contributed by atoms with Gasteiger partial charge < -0.3 is 14.8 Å². The first-order valence-corrected chi connectivity index (χ1v) is 7.28. The summed E-state index contributed by atoms with van der Waals surface area (Å²) >= 11 is 0. The molecular weight excluding hydrogens is 264 g/mol. The standard InChI is InChI=1S/C17H20N2O2/c1-20-10-11-21-15-5-2-13(3-6-15)16-7-4-14-12-18-9-8-17(14)19-16/h2-7,18H,8-12H2,1H3. The Hall–Kier alpha value is -1.91. The van der Waals surface area contributed by atoms with Crippen LogP contribution in [0.4, 0.5) is 0 Å². The van der Waals surface area contributed by atoms with Gasteiger partial charge in [0.05, 0.1) is 12.3 Å². The van der Waals surface area contributed by atoms with Gasteiger partial charge in [0.25, 0.3) is 0 Å². The van der Waals surface area contributed by atoms with Crippen molar-refractivity contribution in [3.63, 3.8) is 0 Å². The zero-order valence-electron chi connectivity index (χ0n) is 12.3. The van der Waals surface area contributed by atoms with Gasteiger partial charge in [0.1, 0.15) is 12.4 Å². The van der Waals surface area contributed by atoms with E-state index in [9.17, 15) is 0 Å². The van der Waals surface area contributed by atoms with E-state index in [-0.39, 0.29) is 0 Å². The molecule has 0 radical (unpaired) electrons. The summed E-state index contributed by atoms with van der Waals surface area (Å²) in [4.78, 5) is 4.79. The molecule has 21 heavy (non-hydrogen) atoms. The van der Waals surface area contributed by atoms with Gasteiger partial charge in [-0.25, -0.2) is 0 Å². The molecule has 0 aliphatic carbocycles. The molecule has 0 unspecified atom stereocenters. The number of benzene rings is 1. The summed E-state index contributed by atoms with van der Waals surface area (Å²) in [6, 6.07) is 12.3. The average molecular weight is 284 g/mol. The normalized spacial score (nSPS) is 13.8. The maximum Gasteiger partial charge on any atom is 0.119 e. The van der Waals surface area contributed by atoms with Gasteiger partial charge in [0, 0.05) is 37.9 Å². The van der Waals surface area contributed by atoms with Crippen LogP contribution < -0.4 is 10.1 Å². The second-order valence-corrected chi connectivity index (χ2v) is 5.09. The van der Waals surface area contributed by atoms with E-state index in [2.05, 4.69) is 29.6 Å². The van der Waals surface area contributed by atoms with Crippen LogP contribution in [0, 0.1) is 0 Å². The summed E-state index contributed by atoms with van der Waals surface area (Å²) in [5, 5.41) is 3.37. The van der Waals surface area contributed by atoms with E-state index in [0.717, 1.165) is 36.5 Å². The summed E-state index contributed by atoms with van der Waals surface area (Å²) in [5.74, 6) is 0.859. The van der Waals surface area contributed by atoms with Crippen molar-refractivity contribution in [3.05, 3.63) is 47.7 Å². The van der Waals surface area contributed by atoms with Crippen LogP contribution in [0.15, 0.2) is 36.4 Å². The number of hydrogen-bond acceptors (Lipinski definition) is 4. The van der Waals surface area contributed by atoms with Gasteiger partial charge in [-0.15, -0.1) is 0 Å². The van der Waals surface area contributed by atoms with E-state index in [1.165, 1.54) is 11.3 Å². The van der Waals surface area contributed by atoms with Crippen LogP contribution in [0.5, 0.6) is 5.75 Å². The maximum atomic E-state index is 5.57. The molecule has 0 spiro atoms. The largest absolute Gasteiger partial charge is 0.491 e. The van der Waals surface area contributed by atoms with Crippen LogP contribution in [0.3, 0.4) is 0 Å². The molecule has 0 bridgehead atoms. The molecule has 2 aromatic rings. The molecule has 4 nitrogen and oxygen atoms in total. The minimum atomic E-state index is 0.569. The van der Waals surface area contributed by atoms with Crippen LogP contribution in [0.25, 0.3) is 11.3 Å². The zero-order chi connectivity index (χ0) is 14.5. The molecule has 1 aliphatic heterocycles. The number of methoxy groups -OCH3 is 1. The van der Waals surface area contributed by atoms with Crippen molar-refractivity contribution in [2.75, 3.05) is 26.9 Å². The molecule has 110 valence electrons. The summed E-state index contributed by atoms with van der Waals surface area (Å²) in [6.45, 7) is 3.10. The molecular formula is C17H20N2O2. The highest BCUT2D eigenvalue weighted by molar-refractivity contribution is 5.60. The Morgan fingerprint density at radius 2 is 1.95 bits per heavy atom. The number of hydrogen-bond donors (Lipinski definition) is 1. The molecule has 1 aliphatic rings. The summed E-state index contributed by atoms with van der Waals surface area (Å²) in [6.07, 6.45) is 1.00. The predicted molar refractivity (Wildman–Crippen MR) is 82.5 cm³/mol. The van der Waals surface area contributed by atoms with Crippen LogP contribution in [0.2, 0.25) is 0 Å². The molecule has 0 saturated carbocycles. The Morgan fingerprint density at radius 1 is 1.10 bits per heavy atom. The van der Waals surface area contributed by atoms with Crippen LogP contribution in [0.1, 0.15) is 11.3 Å². The Morgan fingerprint density at radius 3 is 2.76 bits per heavy atom. The van der Waals surface area contributed by atoms with E-state index in [1.807, 2.05) is 12.1 Å². The highest BCUT2D eigenvalue weighted by atomic mass is 16.5. The second-order valence-electron chi connectivity index (χ2n) is 5.09. The van der Waals surface area contributed by atoms with Gasteiger partial charge in [0.15, 0.2) is 0 Å². The minimum absolute atomic E-state index is 0.569. The fourth-order valence-corrected chi connectivity index (χ4v) is 2.46. The molecule has 3 rings (SSSR count). The molecule has 0 amide bonds. The van der Waals surface area contributed by atoms with E-state index in [1.54, 1.807) is 7.11 Å². The SMILES string of the molecule is COCCOc1ccc(-c2ccc3c(n2)CCNC3)cc1. The van der Waals surface area contributed by atoms with Crippen LogP contribution >= 0.6 is 0 Å². The number of fused-ring (bicyclic) bond motifs is 1. The number of nitrogens with zero attached hydrogens (tertiary/aromatic N) is 1. The fraction of sp³-hybridized carbons (Fsp3) is 0.353. The maximum absolute atomic E-state index is 5.57. The lowest BCUT2D eigenvalue weighted by Crippen LogP contribution is -2.24. The van der Waals surface area contributed by atoms with Crippen molar-refractivity contribution < 1.29 is 9.47 Å². The number of pyridine rings is 1. The van der Waals surface area contributed by atoms with Crippen molar-refractivity contribution >= 4 is 0 Å². The summed E-state index contributed by atoms with van der Waals surface area (Å²) < 4.78 is 10.5. The van der Waals surface area contributed by atoms with Gasteiger partial charge in [-0.1, -0.05) is 6.07 Å². The smallest absolute Gasteiger partial charge is 0.119 e. The monoisotopic (exact) mass is 284 g/mol. The molecule has 1 N–H and O–H groups in total. The third kappa shape index (κ3) is 3.40. The van der Waals surface area contributed by atoms with Crippen LogP contribution in [-0.2, 0) is 17.7 Å². The van der Waals surface area contributed by atoms with E-state index < -0.39 is 0 Å². The van der Waals surface area contributed by atoms with Crippen molar-refractivity contribution in [2.45, 2.75) is 13.0 Å². The average Bonchev–Trinajstić information content (AvgIpc) is 2.55. The van der Waals surface area contributed by atoms with E-state index in [0.29, 0.717) is 13.2 Å². The Bertz CT molecular complexity index is 596. The summed E-state index contributed by atoms with van der Waals surface area (Å²) in [7, 11) is 1.67. The predicted octanol–water partition coefficient (Wildman–Crippen LogP) is 2.42. The molecule has 1 aromatic carbocycles. The van der Waals surface area contributed by atoms with Crippen LogP contribution in [-0.4, -0.2) is 31.9 Å². The summed E-state index contributed by atoms with van der Waals surface area (Å²) in [5.41, 5.74) is 4.67. The Kier molecular flexibility index (Phi) is 4.48. The highest BCUT2D eigenvalue weighted by Gasteiger charge is 2.11. The van der Waals surface area contributed by atoms with E-state index in [4.69, 9.17) is 14.5 Å². The fourth-order valence-electron chi connectivity index (χ4n) is 2.46. The second kappa shape index (κ2) is 6.70. The van der Waals surface area contributed by atoms with Gasteiger partial charge >= 0.3 is 0 Å². The Labute approximate surface area is 125 Å². The van der Waals surface area contributed by atoms with Crippen molar-refractivity contribution in [1.82, 2.24) is 10.3 Å². The quantitative estimate of drug-likeness (QED) is 0.856. The Balaban J connectivity index is 1.74. The number of ether oxygens (including phenoxy) is 2. The molecule has 0 fully saturated rings. The van der Waals surface area contributed by atoms with Crippen molar-refractivity contribution in [1.29, 1.82) is 0 Å². The third-order valence-electron chi connectivity index (χ3n) is 3.63. The van der Waals surface area contributed by atoms with Crippen molar-refractivity contribution in [2.24, 2.45) is 0 Å². The highest BCUT2D eigenvalue weighted by Crippen LogP contribution is 2.23. The lowest BCUT2D eigenvalue weighted by molar-refractivity contribution is 0.146. The zero-order valence-corrected chi connectivity index (χ0v) is 12.3. The molecule has 0 atom stereocenters. The van der Waals surface area contributed by atoms with E-state index >= 15 is 0 Å². The number of nitrogens with one attached hydrogen (secondary N) is 1. The van der Waals surface area contributed by atoms with Gasteiger partial charge in [-0.2, -0.15) is 0 Å². The molecule has 1 aromatic heterocycles. The first-order chi connectivity index (χ1) is 10.4. The number of rotatable bonds is 5. The molecule has 4 heteroatoms. The third-order valence-corrected chi connectivity index (χ3v) is 3.63. The minimum Gasteiger partial charge on any atom is -0.491 e. The first-order valence-electron chi connectivity index (χ1n) is 7.28. The van der Waals surface area contributed by atoms with Crippen molar-refractivity contribution in [3.8, 4) is 17.0 Å².